The number of piperidine rings is 1. The van der Waals surface area contributed by atoms with Crippen molar-refractivity contribution >= 4 is 28.3 Å². The molecule has 0 spiro atoms. The van der Waals surface area contributed by atoms with Gasteiger partial charge in [-0.15, -0.1) is 11.3 Å². The maximum absolute atomic E-state index is 12.8. The van der Waals surface area contributed by atoms with E-state index >= 15 is 0 Å². The van der Waals surface area contributed by atoms with Crippen molar-refractivity contribution in [2.45, 2.75) is 45.8 Å². The van der Waals surface area contributed by atoms with E-state index in [0.717, 1.165) is 64.8 Å². The number of hydrogen-bond acceptors (Lipinski definition) is 7. The monoisotopic (exact) mass is 561 g/mol. The third kappa shape index (κ3) is 5.20. The number of rotatable bonds is 7. The van der Waals surface area contributed by atoms with Crippen LogP contribution in [0, 0.1) is 31.6 Å². The van der Waals surface area contributed by atoms with Crippen molar-refractivity contribution in [1.29, 1.82) is 0 Å². The minimum absolute atomic E-state index is 0.0486. The van der Waals surface area contributed by atoms with Crippen LogP contribution < -0.4 is 9.64 Å². The van der Waals surface area contributed by atoms with Crippen LogP contribution in [-0.4, -0.2) is 64.3 Å². The predicted octanol–water partition coefficient (Wildman–Crippen LogP) is 4.76. The topological polar surface area (TPSA) is 103 Å². The number of aromatic nitrogens is 1. The van der Waals surface area contributed by atoms with Crippen LogP contribution in [0.4, 0.5) is 5.13 Å². The summed E-state index contributed by atoms with van der Waals surface area (Å²) in [5.74, 6) is 0.194. The van der Waals surface area contributed by atoms with E-state index in [2.05, 4.69) is 16.3 Å². The number of carbonyl (C=O) groups excluding carboxylic acids is 1. The van der Waals surface area contributed by atoms with Crippen LogP contribution in [0.3, 0.4) is 0 Å². The number of benzene rings is 2. The van der Waals surface area contributed by atoms with Crippen molar-refractivity contribution < 1.29 is 24.5 Å². The summed E-state index contributed by atoms with van der Waals surface area (Å²) in [5, 5.41) is 22.4. The van der Waals surface area contributed by atoms with E-state index in [1.165, 1.54) is 0 Å². The molecule has 1 saturated carbocycles. The highest BCUT2D eigenvalue weighted by molar-refractivity contribution is 7.14. The summed E-state index contributed by atoms with van der Waals surface area (Å²) < 4.78 is 6.32. The molecule has 2 N–H and O–H groups in total. The second-order valence-electron chi connectivity index (χ2n) is 11.5. The fourth-order valence-electron chi connectivity index (χ4n) is 6.54. The average Bonchev–Trinajstić information content (AvgIpc) is 3.66. The van der Waals surface area contributed by atoms with Crippen molar-refractivity contribution in [1.82, 2.24) is 9.88 Å². The molecule has 2 saturated heterocycles. The van der Waals surface area contributed by atoms with E-state index in [9.17, 15) is 19.8 Å². The highest BCUT2D eigenvalue weighted by Crippen LogP contribution is 2.44. The quantitative estimate of drug-likeness (QED) is 0.429. The molecule has 3 heterocycles. The highest BCUT2D eigenvalue weighted by Gasteiger charge is 2.46. The minimum atomic E-state index is -0.656. The van der Waals surface area contributed by atoms with Crippen molar-refractivity contribution in [2.75, 3.05) is 31.1 Å². The van der Waals surface area contributed by atoms with E-state index in [0.29, 0.717) is 31.7 Å². The number of aryl methyl sites for hydroxylation is 2. The molecule has 1 aliphatic carbocycles. The number of aliphatic hydroxyl groups excluding tert-OH is 1. The first-order valence-electron chi connectivity index (χ1n) is 14.0. The van der Waals surface area contributed by atoms with Gasteiger partial charge in [0, 0.05) is 42.7 Å². The number of nitrogens with zero attached hydrogens (tertiary/aromatic N) is 3. The fraction of sp³-hybridized carbons (Fsp3) is 0.452. The van der Waals surface area contributed by atoms with Crippen molar-refractivity contribution in [3.63, 3.8) is 0 Å². The number of β-amino-alcohol motifs (C(OH)–C–C–N with tert-alkyl or cyclic N) is 1. The number of carbonyl (C=O) groups is 2. The van der Waals surface area contributed by atoms with Crippen LogP contribution in [-0.2, 0) is 11.4 Å². The summed E-state index contributed by atoms with van der Waals surface area (Å²) >= 11 is 1.60. The maximum Gasteiger partial charge on any atom is 0.307 e. The molecular weight excluding hydrogens is 526 g/mol. The van der Waals surface area contributed by atoms with Crippen LogP contribution in [0.15, 0.2) is 41.8 Å². The van der Waals surface area contributed by atoms with Gasteiger partial charge in [0.25, 0.3) is 5.91 Å². The van der Waals surface area contributed by atoms with Gasteiger partial charge in [0.15, 0.2) is 5.13 Å². The molecule has 6 rings (SSSR count). The smallest absolute Gasteiger partial charge is 0.307 e. The molecular formula is C31H35N3O5S. The highest BCUT2D eigenvalue weighted by atomic mass is 32.1. The lowest BCUT2D eigenvalue weighted by Gasteiger charge is -2.35. The number of fused-ring (bicyclic) bond motifs is 2. The molecule has 1 amide bonds. The molecule has 3 fully saturated rings. The number of thiazole rings is 1. The van der Waals surface area contributed by atoms with Gasteiger partial charge in [-0.1, -0.05) is 17.7 Å². The zero-order chi connectivity index (χ0) is 28.0. The minimum Gasteiger partial charge on any atom is -0.488 e. The van der Waals surface area contributed by atoms with Crippen molar-refractivity contribution in [2.24, 2.45) is 17.8 Å². The molecule has 2 aliphatic heterocycles. The number of amides is 1. The van der Waals surface area contributed by atoms with Gasteiger partial charge in [0.2, 0.25) is 0 Å². The van der Waals surface area contributed by atoms with Crippen LogP contribution >= 0.6 is 11.3 Å². The third-order valence-corrected chi connectivity index (χ3v) is 9.62. The van der Waals surface area contributed by atoms with Crippen LogP contribution in [0.1, 0.15) is 46.3 Å². The lowest BCUT2D eigenvalue weighted by Crippen LogP contribution is -2.44. The standard InChI is InChI=1S/C31H35N3O5S/c1-18-3-8-27(39-16-23-7-4-20(12-19(23)2)29(36)33-10-9-24(35)15-33)25(11-18)26-17-40-31(32-26)34-13-21-5-6-22(14-34)28(21)30(37)38/h3-4,7-8,11-12,17,21-22,24,28,35H,5-6,9-10,13-16H2,1-2H3,(H,37,38)/t21-,22?,24-,28?/m1/s1. The van der Waals surface area contributed by atoms with Crippen LogP contribution in [0.5, 0.6) is 5.75 Å². The first kappa shape index (κ1) is 26.8. The lowest BCUT2D eigenvalue weighted by atomic mass is 9.85. The average molecular weight is 562 g/mol. The fourth-order valence-corrected chi connectivity index (χ4v) is 7.39. The van der Waals surface area contributed by atoms with Crippen molar-refractivity contribution in [3.05, 3.63) is 64.0 Å². The Morgan fingerprint density at radius 1 is 1.05 bits per heavy atom. The maximum atomic E-state index is 12.8. The summed E-state index contributed by atoms with van der Waals surface area (Å²) in [6.07, 6.45) is 2.14. The molecule has 40 heavy (non-hydrogen) atoms. The van der Waals surface area contributed by atoms with E-state index in [1.807, 2.05) is 44.2 Å². The van der Waals surface area contributed by atoms with Gasteiger partial charge in [-0.25, -0.2) is 4.98 Å². The number of aliphatic carboxylic acids is 1. The normalized spacial score (nSPS) is 24.0. The van der Waals surface area contributed by atoms with Crippen LogP contribution in [0.2, 0.25) is 0 Å². The number of aliphatic hydroxyl groups is 1. The number of ether oxygens (including phenoxy) is 1. The molecule has 1 aromatic heterocycles. The molecule has 2 bridgehead atoms. The Labute approximate surface area is 238 Å². The Morgan fingerprint density at radius 2 is 1.82 bits per heavy atom. The lowest BCUT2D eigenvalue weighted by molar-refractivity contribution is -0.144. The molecule has 4 atom stereocenters. The van der Waals surface area contributed by atoms with E-state index < -0.39 is 12.1 Å². The van der Waals surface area contributed by atoms with E-state index in [1.54, 1.807) is 16.2 Å². The summed E-state index contributed by atoms with van der Waals surface area (Å²) in [7, 11) is 0. The Morgan fingerprint density at radius 3 is 2.50 bits per heavy atom. The molecule has 0 radical (unpaired) electrons. The largest absolute Gasteiger partial charge is 0.488 e. The molecule has 8 nitrogen and oxygen atoms in total. The SMILES string of the molecule is Cc1ccc(OCc2ccc(C(=O)N3CC[C@@H](O)C3)cc2C)c(-c2csc(N3CC4CC[C@H](C3)C4C(=O)O)n2)c1. The van der Waals surface area contributed by atoms with E-state index in [-0.39, 0.29) is 23.7 Å². The van der Waals surface area contributed by atoms with Gasteiger partial charge in [0.05, 0.1) is 17.7 Å². The first-order chi connectivity index (χ1) is 19.3. The van der Waals surface area contributed by atoms with Gasteiger partial charge < -0.3 is 24.7 Å². The molecule has 2 unspecified atom stereocenters. The Bertz CT molecular complexity index is 1420. The number of likely N-dealkylation sites (tertiary alicyclic amines) is 1. The summed E-state index contributed by atoms with van der Waals surface area (Å²) in [5.41, 5.74) is 5.51. The number of hydrogen-bond donors (Lipinski definition) is 2. The molecule has 9 heteroatoms. The van der Waals surface area contributed by atoms with Crippen LogP contribution in [0.25, 0.3) is 11.3 Å². The predicted molar refractivity (Wildman–Crippen MR) is 154 cm³/mol. The summed E-state index contributed by atoms with van der Waals surface area (Å²) in [6.45, 7) is 6.86. The number of anilines is 1. The van der Waals surface area contributed by atoms with Gasteiger partial charge in [-0.05, 0) is 80.3 Å². The number of carboxylic acids is 1. The molecule has 3 aromatic rings. The van der Waals surface area contributed by atoms with Gasteiger partial charge in [-0.2, -0.15) is 0 Å². The van der Waals surface area contributed by atoms with Gasteiger partial charge >= 0.3 is 5.97 Å². The third-order valence-electron chi connectivity index (χ3n) is 8.72. The molecule has 2 aromatic carbocycles. The second kappa shape index (κ2) is 10.9. The number of carboxylic acid groups (broad SMARTS) is 1. The second-order valence-corrected chi connectivity index (χ2v) is 12.3. The zero-order valence-electron chi connectivity index (χ0n) is 22.9. The van der Waals surface area contributed by atoms with Crippen molar-refractivity contribution in [3.8, 4) is 17.0 Å². The summed E-state index contributed by atoms with van der Waals surface area (Å²) in [6, 6.07) is 11.8. The molecule has 3 aliphatic rings. The summed E-state index contributed by atoms with van der Waals surface area (Å²) in [4.78, 5) is 33.5. The Balaban J connectivity index is 1.16. The Hall–Kier alpha value is -3.43. The molecule has 210 valence electrons. The zero-order valence-corrected chi connectivity index (χ0v) is 23.7. The Kier molecular flexibility index (Phi) is 7.27. The van der Waals surface area contributed by atoms with Gasteiger partial charge in [-0.3, -0.25) is 9.59 Å². The van der Waals surface area contributed by atoms with Gasteiger partial charge in [0.1, 0.15) is 12.4 Å². The van der Waals surface area contributed by atoms with E-state index in [4.69, 9.17) is 9.72 Å². The first-order valence-corrected chi connectivity index (χ1v) is 14.9.